The summed E-state index contributed by atoms with van der Waals surface area (Å²) in [6.45, 7) is 3.62. The van der Waals surface area contributed by atoms with Crippen LogP contribution in [0.15, 0.2) is 52.9 Å². The number of benzene rings is 2. The van der Waals surface area contributed by atoms with Crippen molar-refractivity contribution in [1.29, 1.82) is 0 Å². The summed E-state index contributed by atoms with van der Waals surface area (Å²) in [4.78, 5) is 0. The Bertz CT molecular complexity index is 747. The van der Waals surface area contributed by atoms with Gasteiger partial charge in [-0.15, -0.1) is 0 Å². The third-order valence-electron chi connectivity index (χ3n) is 3.85. The second kappa shape index (κ2) is 6.77. The average Bonchev–Trinajstić information content (AvgIpc) is 2.89. The second-order valence-corrected chi connectivity index (χ2v) is 5.59. The van der Waals surface area contributed by atoms with Gasteiger partial charge in [-0.1, -0.05) is 30.3 Å². The van der Waals surface area contributed by atoms with Crippen molar-refractivity contribution in [3.8, 4) is 0 Å². The lowest BCUT2D eigenvalue weighted by Crippen LogP contribution is -2.17. The minimum absolute atomic E-state index is 0.156. The molecule has 0 aliphatic carbocycles. The van der Waals surface area contributed by atoms with E-state index >= 15 is 0 Å². The first-order valence-electron chi connectivity index (χ1n) is 7.63. The fourth-order valence-electron chi connectivity index (χ4n) is 2.67. The topological polar surface area (TPSA) is 45.4 Å². The number of rotatable bonds is 6. The van der Waals surface area contributed by atoms with E-state index < -0.39 is 0 Å². The summed E-state index contributed by atoms with van der Waals surface area (Å²) >= 11 is 0. The average molecular weight is 295 g/mol. The molecule has 3 rings (SSSR count). The van der Waals surface area contributed by atoms with Gasteiger partial charge < -0.3 is 14.8 Å². The van der Waals surface area contributed by atoms with Crippen LogP contribution in [0.5, 0.6) is 0 Å². The highest BCUT2D eigenvalue weighted by Gasteiger charge is 2.08. The molecule has 0 bridgehead atoms. The summed E-state index contributed by atoms with van der Waals surface area (Å²) in [5.41, 5.74) is 4.63. The van der Waals surface area contributed by atoms with Gasteiger partial charge in [0.25, 0.3) is 0 Å². The molecule has 22 heavy (non-hydrogen) atoms. The van der Waals surface area contributed by atoms with Crippen LogP contribution in [0.1, 0.15) is 22.5 Å². The number of hydrogen-bond donors (Lipinski definition) is 2. The van der Waals surface area contributed by atoms with E-state index in [0.29, 0.717) is 6.54 Å². The van der Waals surface area contributed by atoms with Crippen molar-refractivity contribution in [3.63, 3.8) is 0 Å². The summed E-state index contributed by atoms with van der Waals surface area (Å²) in [5, 5.41) is 13.2. The summed E-state index contributed by atoms with van der Waals surface area (Å²) in [7, 11) is 0. The predicted molar refractivity (Wildman–Crippen MR) is 89.0 cm³/mol. The molecule has 0 atom stereocenters. The molecule has 0 saturated carbocycles. The van der Waals surface area contributed by atoms with Gasteiger partial charge in [0.05, 0.1) is 6.61 Å². The molecule has 1 heterocycles. The third-order valence-corrected chi connectivity index (χ3v) is 3.85. The summed E-state index contributed by atoms with van der Waals surface area (Å²) in [5.74, 6) is 0.987. The van der Waals surface area contributed by atoms with E-state index in [1.807, 2.05) is 18.2 Å². The normalized spacial score (nSPS) is 11.2. The van der Waals surface area contributed by atoms with Crippen molar-refractivity contribution in [2.75, 3.05) is 13.2 Å². The first kappa shape index (κ1) is 14.8. The number of aryl methyl sites for hydroxylation is 1. The van der Waals surface area contributed by atoms with E-state index in [2.05, 4.69) is 42.6 Å². The van der Waals surface area contributed by atoms with Crippen molar-refractivity contribution >= 4 is 11.0 Å². The van der Waals surface area contributed by atoms with Gasteiger partial charge in [-0.05, 0) is 41.8 Å². The molecule has 3 nitrogen and oxygen atoms in total. The highest BCUT2D eigenvalue weighted by atomic mass is 16.3. The quantitative estimate of drug-likeness (QED) is 0.685. The molecular formula is C19H21NO2. The second-order valence-electron chi connectivity index (χ2n) is 5.59. The SMILES string of the molecule is Cc1cc2cc(Cc3ccccc3)oc2cc1CNCCO. The molecule has 0 radical (unpaired) electrons. The number of aliphatic hydroxyl groups is 1. The van der Waals surface area contributed by atoms with Gasteiger partial charge in [0, 0.05) is 24.9 Å². The molecule has 0 aliphatic heterocycles. The standard InChI is InChI=1S/C19H21NO2/c1-14-9-16-11-18(10-15-5-3-2-4-6-15)22-19(16)12-17(14)13-20-7-8-21/h2-6,9,11-12,20-21H,7-8,10,13H2,1H3. The number of fused-ring (bicyclic) bond motifs is 1. The van der Waals surface area contributed by atoms with Gasteiger partial charge in [0.2, 0.25) is 0 Å². The molecule has 1 aromatic heterocycles. The lowest BCUT2D eigenvalue weighted by atomic mass is 10.1. The zero-order valence-corrected chi connectivity index (χ0v) is 12.8. The number of furan rings is 1. The van der Waals surface area contributed by atoms with Gasteiger partial charge in [-0.25, -0.2) is 0 Å². The Morgan fingerprint density at radius 2 is 1.91 bits per heavy atom. The maximum absolute atomic E-state index is 8.85. The van der Waals surface area contributed by atoms with Crippen molar-refractivity contribution in [1.82, 2.24) is 5.32 Å². The maximum atomic E-state index is 8.85. The molecule has 0 spiro atoms. The zero-order chi connectivity index (χ0) is 15.4. The van der Waals surface area contributed by atoms with Crippen LogP contribution in [0.25, 0.3) is 11.0 Å². The van der Waals surface area contributed by atoms with Crippen molar-refractivity contribution in [2.45, 2.75) is 19.9 Å². The van der Waals surface area contributed by atoms with Gasteiger partial charge in [0.1, 0.15) is 11.3 Å². The molecular weight excluding hydrogens is 274 g/mol. The summed E-state index contributed by atoms with van der Waals surface area (Å²) in [6, 6.07) is 16.7. The molecule has 114 valence electrons. The van der Waals surface area contributed by atoms with Crippen LogP contribution < -0.4 is 5.32 Å². The van der Waals surface area contributed by atoms with Crippen LogP contribution in [-0.2, 0) is 13.0 Å². The van der Waals surface area contributed by atoms with E-state index in [1.54, 1.807) is 0 Å². The highest BCUT2D eigenvalue weighted by Crippen LogP contribution is 2.25. The van der Waals surface area contributed by atoms with E-state index in [0.717, 1.165) is 29.7 Å². The molecule has 2 aromatic carbocycles. The fraction of sp³-hybridized carbons (Fsp3) is 0.263. The van der Waals surface area contributed by atoms with Gasteiger partial charge in [-0.3, -0.25) is 0 Å². The largest absolute Gasteiger partial charge is 0.461 e. The minimum atomic E-state index is 0.156. The molecule has 2 N–H and O–H groups in total. The fourth-order valence-corrected chi connectivity index (χ4v) is 2.67. The molecule has 0 aliphatic rings. The first-order valence-corrected chi connectivity index (χ1v) is 7.63. The number of hydrogen-bond acceptors (Lipinski definition) is 3. The van der Waals surface area contributed by atoms with Crippen molar-refractivity contribution in [2.24, 2.45) is 0 Å². The Balaban J connectivity index is 1.83. The molecule has 0 unspecified atom stereocenters. The van der Waals surface area contributed by atoms with Crippen molar-refractivity contribution in [3.05, 3.63) is 71.0 Å². The predicted octanol–water partition coefficient (Wildman–Crippen LogP) is 3.41. The van der Waals surface area contributed by atoms with Crippen molar-refractivity contribution < 1.29 is 9.52 Å². The number of nitrogens with one attached hydrogen (secondary N) is 1. The van der Waals surface area contributed by atoms with E-state index in [9.17, 15) is 0 Å². The zero-order valence-electron chi connectivity index (χ0n) is 12.8. The van der Waals surface area contributed by atoms with Crippen LogP contribution in [0.4, 0.5) is 0 Å². The van der Waals surface area contributed by atoms with E-state index in [1.165, 1.54) is 16.7 Å². The Morgan fingerprint density at radius 1 is 1.09 bits per heavy atom. The van der Waals surface area contributed by atoms with Crippen LogP contribution >= 0.6 is 0 Å². The van der Waals surface area contributed by atoms with E-state index in [-0.39, 0.29) is 6.61 Å². The summed E-state index contributed by atoms with van der Waals surface area (Å²) in [6.07, 6.45) is 0.812. The Hall–Kier alpha value is -2.10. The molecule has 3 aromatic rings. The Labute approximate surface area is 130 Å². The lowest BCUT2D eigenvalue weighted by Gasteiger charge is -2.06. The lowest BCUT2D eigenvalue weighted by molar-refractivity contribution is 0.292. The van der Waals surface area contributed by atoms with Gasteiger partial charge >= 0.3 is 0 Å². The number of aliphatic hydroxyl groups excluding tert-OH is 1. The van der Waals surface area contributed by atoms with Gasteiger partial charge in [0.15, 0.2) is 0 Å². The molecule has 0 saturated heterocycles. The van der Waals surface area contributed by atoms with Crippen LogP contribution in [0.2, 0.25) is 0 Å². The Kier molecular flexibility index (Phi) is 4.56. The molecule has 3 heteroatoms. The first-order chi connectivity index (χ1) is 10.8. The highest BCUT2D eigenvalue weighted by molar-refractivity contribution is 5.80. The van der Waals surface area contributed by atoms with Gasteiger partial charge in [-0.2, -0.15) is 0 Å². The third kappa shape index (κ3) is 3.38. The smallest absolute Gasteiger partial charge is 0.134 e. The van der Waals surface area contributed by atoms with Crippen LogP contribution in [0, 0.1) is 6.92 Å². The maximum Gasteiger partial charge on any atom is 0.134 e. The Morgan fingerprint density at radius 3 is 2.68 bits per heavy atom. The van der Waals surface area contributed by atoms with E-state index in [4.69, 9.17) is 9.52 Å². The van der Waals surface area contributed by atoms with Crippen LogP contribution in [0.3, 0.4) is 0 Å². The molecule has 0 fully saturated rings. The summed E-state index contributed by atoms with van der Waals surface area (Å²) < 4.78 is 6.00. The monoisotopic (exact) mass is 295 g/mol. The minimum Gasteiger partial charge on any atom is -0.461 e. The molecule has 0 amide bonds. The van der Waals surface area contributed by atoms with Crippen LogP contribution in [-0.4, -0.2) is 18.3 Å².